The van der Waals surface area contributed by atoms with Gasteiger partial charge in [0, 0.05) is 11.6 Å². The predicted molar refractivity (Wildman–Crippen MR) is 54.7 cm³/mol. The van der Waals surface area contributed by atoms with Crippen LogP contribution in [0.4, 0.5) is 0 Å². The second kappa shape index (κ2) is 3.50. The highest BCUT2D eigenvalue weighted by Crippen LogP contribution is 2.26. The van der Waals surface area contributed by atoms with E-state index in [1.54, 1.807) is 6.20 Å². The van der Waals surface area contributed by atoms with Gasteiger partial charge in [-0.15, -0.1) is 0 Å². The lowest BCUT2D eigenvalue weighted by molar-refractivity contribution is -0.671. The molecule has 0 radical (unpaired) electrons. The van der Waals surface area contributed by atoms with Crippen molar-refractivity contribution in [1.29, 1.82) is 0 Å². The first-order valence-corrected chi connectivity index (χ1v) is 4.51. The second-order valence-electron chi connectivity index (χ2n) is 3.28. The largest absolute Gasteiger partial charge is 0.502 e. The van der Waals surface area contributed by atoms with Gasteiger partial charge in [0.05, 0.1) is 0 Å². The zero-order valence-corrected chi connectivity index (χ0v) is 8.01. The van der Waals surface area contributed by atoms with Crippen LogP contribution < -0.4 is 4.57 Å². The standard InChI is InChI=1S/C12H11NO/c1-13-8-7-11(12(14)9-13)10-5-3-2-4-6-10/h2-9H,1H3/p+1. The molecule has 14 heavy (non-hydrogen) atoms. The van der Waals surface area contributed by atoms with E-state index in [2.05, 4.69) is 0 Å². The molecule has 1 heterocycles. The molecule has 0 fully saturated rings. The lowest BCUT2D eigenvalue weighted by atomic mass is 10.1. The minimum Gasteiger partial charge on any atom is -0.502 e. The number of aromatic hydroxyl groups is 1. The second-order valence-corrected chi connectivity index (χ2v) is 3.28. The smallest absolute Gasteiger partial charge is 0.211 e. The van der Waals surface area contributed by atoms with Crippen LogP contribution in [0.25, 0.3) is 11.1 Å². The Balaban J connectivity index is 2.53. The molecule has 0 saturated heterocycles. The van der Waals surface area contributed by atoms with Crippen LogP contribution in [0.3, 0.4) is 0 Å². The van der Waals surface area contributed by atoms with Gasteiger partial charge in [0.15, 0.2) is 11.9 Å². The summed E-state index contributed by atoms with van der Waals surface area (Å²) < 4.78 is 1.82. The van der Waals surface area contributed by atoms with Crippen LogP contribution in [-0.4, -0.2) is 5.11 Å². The number of hydrogen-bond acceptors (Lipinski definition) is 1. The monoisotopic (exact) mass is 186 g/mol. The molecule has 1 aromatic carbocycles. The Kier molecular flexibility index (Phi) is 2.19. The van der Waals surface area contributed by atoms with E-state index in [-0.39, 0.29) is 0 Å². The molecule has 1 N–H and O–H groups in total. The normalized spacial score (nSPS) is 10.1. The lowest BCUT2D eigenvalue weighted by Crippen LogP contribution is -2.25. The summed E-state index contributed by atoms with van der Waals surface area (Å²) in [7, 11) is 1.88. The fourth-order valence-electron chi connectivity index (χ4n) is 1.44. The van der Waals surface area contributed by atoms with Crippen molar-refractivity contribution in [3.8, 4) is 16.9 Å². The van der Waals surface area contributed by atoms with E-state index in [1.165, 1.54) is 0 Å². The Bertz CT molecular complexity index is 437. The fraction of sp³-hybridized carbons (Fsp3) is 0.0833. The Labute approximate surface area is 83.1 Å². The van der Waals surface area contributed by atoms with Crippen molar-refractivity contribution in [2.24, 2.45) is 7.05 Å². The number of hydrogen-bond donors (Lipinski definition) is 1. The summed E-state index contributed by atoms with van der Waals surface area (Å²) in [5.41, 5.74) is 1.90. The fourth-order valence-corrected chi connectivity index (χ4v) is 1.44. The summed E-state index contributed by atoms with van der Waals surface area (Å²) in [5.74, 6) is 0.307. The minimum atomic E-state index is 0.307. The molecule has 70 valence electrons. The number of aryl methyl sites for hydroxylation is 1. The maximum atomic E-state index is 9.72. The Morgan fingerprint density at radius 1 is 1.07 bits per heavy atom. The number of nitrogens with zero attached hydrogens (tertiary/aromatic N) is 1. The average molecular weight is 186 g/mol. The maximum absolute atomic E-state index is 9.72. The molecule has 0 aliphatic rings. The molecule has 0 amide bonds. The molecular formula is C12H12NO+. The first kappa shape index (κ1) is 8.75. The molecule has 0 aliphatic carbocycles. The minimum absolute atomic E-state index is 0.307. The highest BCUT2D eigenvalue weighted by molar-refractivity contribution is 5.68. The topological polar surface area (TPSA) is 24.1 Å². The third-order valence-corrected chi connectivity index (χ3v) is 2.16. The molecule has 2 rings (SSSR count). The third-order valence-electron chi connectivity index (χ3n) is 2.16. The first-order chi connectivity index (χ1) is 6.77. The summed E-state index contributed by atoms with van der Waals surface area (Å²) in [6.07, 6.45) is 3.62. The van der Waals surface area contributed by atoms with Crippen LogP contribution in [0.2, 0.25) is 0 Å². The Hall–Kier alpha value is -1.83. The molecule has 2 nitrogen and oxygen atoms in total. The van der Waals surface area contributed by atoms with E-state index in [1.807, 2.05) is 54.2 Å². The van der Waals surface area contributed by atoms with Gasteiger partial charge in [-0.2, -0.15) is 0 Å². The van der Waals surface area contributed by atoms with Crippen LogP contribution in [0.5, 0.6) is 5.75 Å². The van der Waals surface area contributed by atoms with Gasteiger partial charge < -0.3 is 5.11 Å². The van der Waals surface area contributed by atoms with E-state index < -0.39 is 0 Å². The summed E-state index contributed by atoms with van der Waals surface area (Å²) in [6.45, 7) is 0. The van der Waals surface area contributed by atoms with Gasteiger partial charge in [-0.3, -0.25) is 0 Å². The van der Waals surface area contributed by atoms with E-state index in [9.17, 15) is 5.11 Å². The molecule has 0 saturated carbocycles. The van der Waals surface area contributed by atoms with Crippen molar-refractivity contribution in [3.05, 3.63) is 48.8 Å². The van der Waals surface area contributed by atoms with Crippen LogP contribution in [-0.2, 0) is 7.05 Å². The van der Waals surface area contributed by atoms with Crippen molar-refractivity contribution in [3.63, 3.8) is 0 Å². The van der Waals surface area contributed by atoms with Gasteiger partial charge in [0.25, 0.3) is 0 Å². The van der Waals surface area contributed by atoms with Gasteiger partial charge in [0.2, 0.25) is 6.20 Å². The zero-order valence-electron chi connectivity index (χ0n) is 8.01. The number of pyridine rings is 1. The Morgan fingerprint density at radius 2 is 1.79 bits per heavy atom. The molecular weight excluding hydrogens is 174 g/mol. The molecule has 2 aromatic rings. The SMILES string of the molecule is C[n+]1ccc(-c2ccccc2)c(O)c1. The van der Waals surface area contributed by atoms with E-state index in [0.717, 1.165) is 11.1 Å². The lowest BCUT2D eigenvalue weighted by Gasteiger charge is -2.01. The van der Waals surface area contributed by atoms with Gasteiger partial charge in [-0.1, -0.05) is 30.3 Å². The third kappa shape index (κ3) is 1.59. The van der Waals surface area contributed by atoms with Crippen molar-refractivity contribution in [2.75, 3.05) is 0 Å². The summed E-state index contributed by atoms with van der Waals surface area (Å²) in [5, 5.41) is 9.72. The zero-order chi connectivity index (χ0) is 9.97. The number of benzene rings is 1. The van der Waals surface area contributed by atoms with Crippen molar-refractivity contribution >= 4 is 0 Å². The van der Waals surface area contributed by atoms with Crippen LogP contribution >= 0.6 is 0 Å². The first-order valence-electron chi connectivity index (χ1n) is 4.51. The predicted octanol–water partition coefficient (Wildman–Crippen LogP) is 1.88. The van der Waals surface area contributed by atoms with Gasteiger partial charge >= 0.3 is 0 Å². The summed E-state index contributed by atoms with van der Waals surface area (Å²) in [6, 6.07) is 11.8. The maximum Gasteiger partial charge on any atom is 0.211 e. The van der Waals surface area contributed by atoms with Gasteiger partial charge in [0.1, 0.15) is 7.05 Å². The van der Waals surface area contributed by atoms with Crippen LogP contribution in [0, 0.1) is 0 Å². The molecule has 0 atom stereocenters. The van der Waals surface area contributed by atoms with Crippen LogP contribution in [0.15, 0.2) is 48.8 Å². The van der Waals surface area contributed by atoms with Gasteiger partial charge in [-0.05, 0) is 5.56 Å². The van der Waals surface area contributed by atoms with Crippen LogP contribution in [0.1, 0.15) is 0 Å². The van der Waals surface area contributed by atoms with E-state index in [4.69, 9.17) is 0 Å². The molecule has 0 unspecified atom stereocenters. The van der Waals surface area contributed by atoms with Gasteiger partial charge in [-0.25, -0.2) is 4.57 Å². The summed E-state index contributed by atoms with van der Waals surface area (Å²) >= 11 is 0. The molecule has 0 aliphatic heterocycles. The van der Waals surface area contributed by atoms with E-state index >= 15 is 0 Å². The number of rotatable bonds is 1. The van der Waals surface area contributed by atoms with Crippen molar-refractivity contribution < 1.29 is 9.67 Å². The highest BCUT2D eigenvalue weighted by atomic mass is 16.3. The van der Waals surface area contributed by atoms with Crippen molar-refractivity contribution in [1.82, 2.24) is 0 Å². The summed E-state index contributed by atoms with van der Waals surface area (Å²) in [4.78, 5) is 0. The molecule has 1 aromatic heterocycles. The Morgan fingerprint density at radius 3 is 2.43 bits per heavy atom. The quantitative estimate of drug-likeness (QED) is 0.675. The van der Waals surface area contributed by atoms with E-state index in [0.29, 0.717) is 5.75 Å². The average Bonchev–Trinajstić information content (AvgIpc) is 2.19. The molecule has 0 spiro atoms. The molecule has 2 heteroatoms. The van der Waals surface area contributed by atoms with Crippen molar-refractivity contribution in [2.45, 2.75) is 0 Å². The highest BCUT2D eigenvalue weighted by Gasteiger charge is 2.06. The molecule has 0 bridgehead atoms. The number of aromatic nitrogens is 1.